The standard InChI is InChI=1S/C20H15ClN4O/c21-18-7-5-15(11-14(18)4-6-17-3-1-2-9-22-17)20(26)25-10-8-19-16(13-25)12-23-24-19/h1-3,5,7,9,11-12H,8,10,13H2,(H,23,24). The average molecular weight is 363 g/mol. The number of aromatic nitrogens is 3. The molecule has 0 saturated heterocycles. The van der Waals surface area contributed by atoms with Crippen molar-refractivity contribution in [3.63, 3.8) is 0 Å². The summed E-state index contributed by atoms with van der Waals surface area (Å²) in [5, 5.41) is 7.54. The van der Waals surface area contributed by atoms with Gasteiger partial charge in [0.1, 0.15) is 5.69 Å². The number of rotatable bonds is 1. The molecule has 1 aliphatic rings. The quantitative estimate of drug-likeness (QED) is 0.677. The van der Waals surface area contributed by atoms with Gasteiger partial charge in [0.25, 0.3) is 5.91 Å². The number of nitrogens with zero attached hydrogens (tertiary/aromatic N) is 3. The van der Waals surface area contributed by atoms with Crippen LogP contribution >= 0.6 is 11.6 Å². The van der Waals surface area contributed by atoms with Crippen molar-refractivity contribution in [2.45, 2.75) is 13.0 Å². The van der Waals surface area contributed by atoms with Gasteiger partial charge < -0.3 is 4.90 Å². The summed E-state index contributed by atoms with van der Waals surface area (Å²) in [6.45, 7) is 1.22. The van der Waals surface area contributed by atoms with Gasteiger partial charge in [-0.25, -0.2) is 4.98 Å². The van der Waals surface area contributed by atoms with Gasteiger partial charge in [0.2, 0.25) is 0 Å². The van der Waals surface area contributed by atoms with Crippen molar-refractivity contribution in [3.8, 4) is 11.8 Å². The van der Waals surface area contributed by atoms with Gasteiger partial charge in [-0.1, -0.05) is 23.6 Å². The highest BCUT2D eigenvalue weighted by Crippen LogP contribution is 2.21. The smallest absolute Gasteiger partial charge is 0.254 e. The molecule has 1 aromatic carbocycles. The molecule has 26 heavy (non-hydrogen) atoms. The van der Waals surface area contributed by atoms with Crippen LogP contribution in [0, 0.1) is 11.8 Å². The fraction of sp³-hybridized carbons (Fsp3) is 0.150. The molecular formula is C20H15ClN4O. The number of fused-ring (bicyclic) bond motifs is 1. The minimum atomic E-state index is -0.0330. The summed E-state index contributed by atoms with van der Waals surface area (Å²) in [6.07, 6.45) is 4.24. The van der Waals surface area contributed by atoms with E-state index in [-0.39, 0.29) is 5.91 Å². The number of aromatic amines is 1. The van der Waals surface area contributed by atoms with E-state index in [0.717, 1.165) is 17.7 Å². The molecule has 1 amide bonds. The van der Waals surface area contributed by atoms with E-state index in [1.165, 1.54) is 0 Å². The third kappa shape index (κ3) is 3.32. The van der Waals surface area contributed by atoms with Gasteiger partial charge in [-0.2, -0.15) is 5.10 Å². The molecule has 1 aliphatic heterocycles. The van der Waals surface area contributed by atoms with Crippen molar-refractivity contribution in [1.82, 2.24) is 20.1 Å². The monoisotopic (exact) mass is 362 g/mol. The molecule has 0 spiro atoms. The maximum absolute atomic E-state index is 12.9. The molecule has 0 unspecified atom stereocenters. The van der Waals surface area contributed by atoms with Crippen LogP contribution in [0.5, 0.6) is 0 Å². The van der Waals surface area contributed by atoms with Crippen LogP contribution in [-0.4, -0.2) is 32.5 Å². The zero-order valence-corrected chi connectivity index (χ0v) is 14.6. The highest BCUT2D eigenvalue weighted by molar-refractivity contribution is 6.31. The van der Waals surface area contributed by atoms with Crippen molar-refractivity contribution in [2.24, 2.45) is 0 Å². The Balaban J connectivity index is 1.58. The largest absolute Gasteiger partial charge is 0.334 e. The number of pyridine rings is 1. The summed E-state index contributed by atoms with van der Waals surface area (Å²) < 4.78 is 0. The Kier molecular flexibility index (Phi) is 4.42. The second-order valence-electron chi connectivity index (χ2n) is 6.01. The van der Waals surface area contributed by atoms with Crippen LogP contribution in [-0.2, 0) is 13.0 Å². The lowest BCUT2D eigenvalue weighted by atomic mass is 10.1. The molecule has 2 aromatic heterocycles. The Morgan fingerprint density at radius 1 is 1.23 bits per heavy atom. The minimum absolute atomic E-state index is 0.0330. The van der Waals surface area contributed by atoms with E-state index in [9.17, 15) is 4.79 Å². The second-order valence-corrected chi connectivity index (χ2v) is 6.42. The lowest BCUT2D eigenvalue weighted by Crippen LogP contribution is -2.35. The molecule has 0 aliphatic carbocycles. The summed E-state index contributed by atoms with van der Waals surface area (Å²) in [5.74, 6) is 5.95. The molecule has 0 bridgehead atoms. The van der Waals surface area contributed by atoms with E-state index in [4.69, 9.17) is 11.6 Å². The van der Waals surface area contributed by atoms with E-state index in [0.29, 0.717) is 34.9 Å². The zero-order chi connectivity index (χ0) is 17.9. The van der Waals surface area contributed by atoms with Gasteiger partial charge in [-0.3, -0.25) is 9.89 Å². The van der Waals surface area contributed by atoms with Crippen LogP contribution in [0.1, 0.15) is 32.9 Å². The van der Waals surface area contributed by atoms with Crippen LogP contribution in [0.15, 0.2) is 48.8 Å². The van der Waals surface area contributed by atoms with E-state index in [1.807, 2.05) is 23.1 Å². The SMILES string of the molecule is O=C(c1ccc(Cl)c(C#Cc2ccccn2)c1)N1CCc2[nH]ncc2C1. The Bertz CT molecular complexity index is 1020. The van der Waals surface area contributed by atoms with Gasteiger partial charge in [0.05, 0.1) is 11.2 Å². The zero-order valence-electron chi connectivity index (χ0n) is 13.9. The van der Waals surface area contributed by atoms with Crippen molar-refractivity contribution < 1.29 is 4.79 Å². The number of H-pyrrole nitrogens is 1. The molecule has 5 nitrogen and oxygen atoms in total. The predicted octanol–water partition coefficient (Wildman–Crippen LogP) is 3.06. The van der Waals surface area contributed by atoms with Crippen LogP contribution in [0.2, 0.25) is 5.02 Å². The van der Waals surface area contributed by atoms with Crippen molar-refractivity contribution in [2.75, 3.05) is 6.54 Å². The maximum Gasteiger partial charge on any atom is 0.254 e. The average Bonchev–Trinajstić information content (AvgIpc) is 3.15. The van der Waals surface area contributed by atoms with Crippen LogP contribution in [0.4, 0.5) is 0 Å². The van der Waals surface area contributed by atoms with Crippen LogP contribution in [0.25, 0.3) is 0 Å². The Labute approximate surface area is 156 Å². The van der Waals surface area contributed by atoms with E-state index < -0.39 is 0 Å². The van der Waals surface area contributed by atoms with Gasteiger partial charge in [0, 0.05) is 48.1 Å². The van der Waals surface area contributed by atoms with Crippen molar-refractivity contribution in [3.05, 3.63) is 81.9 Å². The summed E-state index contributed by atoms with van der Waals surface area (Å²) in [6, 6.07) is 10.7. The van der Waals surface area contributed by atoms with Gasteiger partial charge in [-0.15, -0.1) is 0 Å². The highest BCUT2D eigenvalue weighted by atomic mass is 35.5. The first kappa shape index (κ1) is 16.4. The summed E-state index contributed by atoms with van der Waals surface area (Å²) >= 11 is 6.24. The second kappa shape index (κ2) is 7.03. The number of halogens is 1. The topological polar surface area (TPSA) is 61.9 Å². The molecule has 0 saturated carbocycles. The van der Waals surface area contributed by atoms with Gasteiger partial charge in [0.15, 0.2) is 0 Å². The van der Waals surface area contributed by atoms with Gasteiger partial charge in [-0.05, 0) is 36.3 Å². The van der Waals surface area contributed by atoms with Crippen LogP contribution < -0.4 is 0 Å². The molecular weight excluding hydrogens is 348 g/mol. The Hall–Kier alpha value is -3.10. The molecule has 0 radical (unpaired) electrons. The van der Waals surface area contributed by atoms with Gasteiger partial charge >= 0.3 is 0 Å². The Morgan fingerprint density at radius 2 is 2.15 bits per heavy atom. The molecule has 0 atom stereocenters. The minimum Gasteiger partial charge on any atom is -0.334 e. The van der Waals surface area contributed by atoms with Crippen molar-refractivity contribution in [1.29, 1.82) is 0 Å². The molecule has 3 aromatic rings. The maximum atomic E-state index is 12.9. The summed E-state index contributed by atoms with van der Waals surface area (Å²) in [7, 11) is 0. The number of hydrogen-bond acceptors (Lipinski definition) is 3. The number of carbonyl (C=O) groups is 1. The molecule has 3 heterocycles. The number of nitrogens with one attached hydrogen (secondary N) is 1. The van der Waals surface area contributed by atoms with E-state index >= 15 is 0 Å². The Morgan fingerprint density at radius 3 is 3.00 bits per heavy atom. The number of benzene rings is 1. The predicted molar refractivity (Wildman–Crippen MR) is 98.7 cm³/mol. The number of carbonyl (C=O) groups excluding carboxylic acids is 1. The fourth-order valence-electron chi connectivity index (χ4n) is 2.90. The third-order valence-electron chi connectivity index (χ3n) is 4.29. The first-order valence-corrected chi connectivity index (χ1v) is 8.61. The highest BCUT2D eigenvalue weighted by Gasteiger charge is 2.23. The third-order valence-corrected chi connectivity index (χ3v) is 4.62. The normalized spacial score (nSPS) is 12.9. The molecule has 1 N–H and O–H groups in total. The first-order valence-electron chi connectivity index (χ1n) is 8.24. The lowest BCUT2D eigenvalue weighted by Gasteiger charge is -2.26. The first-order chi connectivity index (χ1) is 12.7. The summed E-state index contributed by atoms with van der Waals surface area (Å²) in [4.78, 5) is 18.8. The molecule has 0 fully saturated rings. The number of hydrogen-bond donors (Lipinski definition) is 1. The molecule has 4 rings (SSSR count). The fourth-order valence-corrected chi connectivity index (χ4v) is 3.06. The lowest BCUT2D eigenvalue weighted by molar-refractivity contribution is 0.0734. The van der Waals surface area contributed by atoms with Crippen LogP contribution in [0.3, 0.4) is 0 Å². The van der Waals surface area contributed by atoms with E-state index in [1.54, 1.807) is 30.6 Å². The van der Waals surface area contributed by atoms with E-state index in [2.05, 4.69) is 27.0 Å². The molecule has 128 valence electrons. The van der Waals surface area contributed by atoms with Crippen molar-refractivity contribution >= 4 is 17.5 Å². The summed E-state index contributed by atoms with van der Waals surface area (Å²) in [5.41, 5.74) is 4.01. The molecule has 6 heteroatoms. The number of amides is 1.